The van der Waals surface area contributed by atoms with Crippen molar-refractivity contribution in [3.63, 3.8) is 0 Å². The Morgan fingerprint density at radius 2 is 1.61 bits per heavy atom. The molecule has 4 nitrogen and oxygen atoms in total. The summed E-state index contributed by atoms with van der Waals surface area (Å²) in [6, 6.07) is 25.6. The monoisotopic (exact) mass is 447 g/mol. The van der Waals surface area contributed by atoms with Crippen LogP contribution in [-0.4, -0.2) is 21.1 Å². The van der Waals surface area contributed by atoms with Gasteiger partial charge >= 0.3 is 0 Å². The number of aromatic nitrogens is 2. The van der Waals surface area contributed by atoms with Crippen molar-refractivity contribution < 1.29 is 4.79 Å². The molecule has 1 atom stereocenters. The first kappa shape index (κ1) is 21.2. The molecule has 0 spiro atoms. The van der Waals surface area contributed by atoms with Gasteiger partial charge in [0, 0.05) is 21.8 Å². The van der Waals surface area contributed by atoms with Crippen LogP contribution in [0.25, 0.3) is 22.5 Å². The van der Waals surface area contributed by atoms with E-state index in [0.717, 1.165) is 33.8 Å². The van der Waals surface area contributed by atoms with E-state index in [9.17, 15) is 4.79 Å². The topological polar surface area (TPSA) is 57.8 Å². The number of H-pyrrole nitrogens is 1. The van der Waals surface area contributed by atoms with Crippen LogP contribution in [0.2, 0.25) is 5.02 Å². The van der Waals surface area contributed by atoms with E-state index in [2.05, 4.69) is 10.3 Å². The van der Waals surface area contributed by atoms with Crippen LogP contribution in [0.5, 0.6) is 0 Å². The number of carbonyl (C=O) groups is 1. The van der Waals surface area contributed by atoms with E-state index in [1.165, 1.54) is 11.8 Å². The van der Waals surface area contributed by atoms with Gasteiger partial charge in [-0.25, -0.2) is 4.98 Å². The number of benzene rings is 3. The van der Waals surface area contributed by atoms with Crippen molar-refractivity contribution in [2.75, 3.05) is 5.32 Å². The Labute approximate surface area is 191 Å². The van der Waals surface area contributed by atoms with Gasteiger partial charge in [0.15, 0.2) is 5.16 Å². The minimum Gasteiger partial charge on any atom is -0.332 e. The van der Waals surface area contributed by atoms with Crippen molar-refractivity contribution in [2.45, 2.75) is 24.3 Å². The number of anilines is 1. The third-order valence-electron chi connectivity index (χ3n) is 4.97. The summed E-state index contributed by atoms with van der Waals surface area (Å²) in [5, 5.41) is 3.95. The number of aromatic amines is 1. The maximum Gasteiger partial charge on any atom is 0.237 e. The number of thioether (sulfide) groups is 1. The highest BCUT2D eigenvalue weighted by Crippen LogP contribution is 2.34. The average molecular weight is 448 g/mol. The van der Waals surface area contributed by atoms with Crippen LogP contribution >= 0.6 is 23.4 Å². The highest BCUT2D eigenvalue weighted by atomic mass is 35.5. The Hall–Kier alpha value is -3.02. The van der Waals surface area contributed by atoms with Crippen LogP contribution in [0, 0.1) is 6.92 Å². The molecule has 1 amide bonds. The van der Waals surface area contributed by atoms with E-state index >= 15 is 0 Å². The SMILES string of the molecule is Cc1c(Cl)cccc1NC(=O)C(C)Sc1nc(-c2ccccc2)c(-c2ccccc2)[nH]1. The number of nitrogens with one attached hydrogen (secondary N) is 2. The predicted molar refractivity (Wildman–Crippen MR) is 130 cm³/mol. The van der Waals surface area contributed by atoms with Gasteiger partial charge in [0.05, 0.1) is 16.6 Å². The molecule has 4 aromatic rings. The minimum atomic E-state index is -0.350. The zero-order valence-electron chi connectivity index (χ0n) is 17.2. The van der Waals surface area contributed by atoms with E-state index < -0.39 is 0 Å². The molecule has 1 heterocycles. The molecule has 0 aliphatic heterocycles. The Morgan fingerprint density at radius 1 is 0.968 bits per heavy atom. The smallest absolute Gasteiger partial charge is 0.237 e. The second-order valence-corrected chi connectivity index (χ2v) is 8.90. The molecule has 2 N–H and O–H groups in total. The van der Waals surface area contributed by atoms with Gasteiger partial charge in [-0.15, -0.1) is 0 Å². The molecule has 31 heavy (non-hydrogen) atoms. The van der Waals surface area contributed by atoms with Gasteiger partial charge in [-0.05, 0) is 31.5 Å². The summed E-state index contributed by atoms with van der Waals surface area (Å²) in [5.74, 6) is -0.103. The molecule has 0 saturated heterocycles. The molecule has 1 unspecified atom stereocenters. The van der Waals surface area contributed by atoms with Crippen molar-refractivity contribution in [3.8, 4) is 22.5 Å². The zero-order valence-corrected chi connectivity index (χ0v) is 18.8. The number of halogens is 1. The summed E-state index contributed by atoms with van der Waals surface area (Å²) in [6.45, 7) is 3.76. The second kappa shape index (κ2) is 9.41. The van der Waals surface area contributed by atoms with E-state index in [-0.39, 0.29) is 11.2 Å². The van der Waals surface area contributed by atoms with E-state index in [4.69, 9.17) is 16.6 Å². The largest absolute Gasteiger partial charge is 0.332 e. The first-order valence-electron chi connectivity index (χ1n) is 9.96. The fourth-order valence-corrected chi connectivity index (χ4v) is 4.20. The van der Waals surface area contributed by atoms with Crippen LogP contribution in [0.1, 0.15) is 12.5 Å². The summed E-state index contributed by atoms with van der Waals surface area (Å²) in [7, 11) is 0. The Kier molecular flexibility index (Phi) is 6.44. The van der Waals surface area contributed by atoms with Gasteiger partial charge < -0.3 is 10.3 Å². The first-order valence-corrected chi connectivity index (χ1v) is 11.2. The average Bonchev–Trinajstić information content (AvgIpc) is 3.22. The van der Waals surface area contributed by atoms with E-state index in [1.807, 2.05) is 92.7 Å². The van der Waals surface area contributed by atoms with Crippen LogP contribution in [0.4, 0.5) is 5.69 Å². The first-order chi connectivity index (χ1) is 15.0. The number of imidazole rings is 1. The van der Waals surface area contributed by atoms with Gasteiger partial charge in [-0.1, -0.05) is 90.1 Å². The maximum absolute atomic E-state index is 12.8. The lowest BCUT2D eigenvalue weighted by atomic mass is 10.1. The summed E-state index contributed by atoms with van der Waals surface area (Å²) in [6.07, 6.45) is 0. The van der Waals surface area contributed by atoms with Crippen molar-refractivity contribution in [1.82, 2.24) is 9.97 Å². The fraction of sp³-hybridized carbons (Fsp3) is 0.120. The fourth-order valence-electron chi connectivity index (χ4n) is 3.22. The molecule has 6 heteroatoms. The Bertz CT molecular complexity index is 1140. The standard InChI is InChI=1S/C25H22ClN3OS/c1-16-20(26)14-9-15-21(16)27-24(30)17(2)31-25-28-22(18-10-5-3-6-11-18)23(29-25)19-12-7-4-8-13-19/h3-15,17H,1-2H3,(H,27,30)(H,28,29). The number of hydrogen-bond donors (Lipinski definition) is 2. The lowest BCUT2D eigenvalue weighted by Crippen LogP contribution is -2.23. The van der Waals surface area contributed by atoms with Crippen LogP contribution in [0.15, 0.2) is 84.0 Å². The lowest BCUT2D eigenvalue weighted by Gasteiger charge is -2.13. The number of amides is 1. The molecular weight excluding hydrogens is 426 g/mol. The molecule has 1 aromatic heterocycles. The van der Waals surface area contributed by atoms with Gasteiger partial charge in [-0.2, -0.15) is 0 Å². The van der Waals surface area contributed by atoms with Crippen LogP contribution in [-0.2, 0) is 4.79 Å². The molecule has 0 radical (unpaired) electrons. The molecular formula is C25H22ClN3OS. The van der Waals surface area contributed by atoms with Gasteiger partial charge in [-0.3, -0.25) is 4.79 Å². The minimum absolute atomic E-state index is 0.103. The van der Waals surface area contributed by atoms with E-state index in [1.54, 1.807) is 0 Å². The lowest BCUT2D eigenvalue weighted by molar-refractivity contribution is -0.115. The highest BCUT2D eigenvalue weighted by Gasteiger charge is 2.20. The summed E-state index contributed by atoms with van der Waals surface area (Å²) < 4.78 is 0. The molecule has 4 rings (SSSR count). The van der Waals surface area contributed by atoms with Gasteiger partial charge in [0.25, 0.3) is 0 Å². The maximum atomic E-state index is 12.8. The summed E-state index contributed by atoms with van der Waals surface area (Å²) >= 11 is 7.57. The Morgan fingerprint density at radius 3 is 2.29 bits per heavy atom. The van der Waals surface area contributed by atoms with Gasteiger partial charge in [0.1, 0.15) is 0 Å². The van der Waals surface area contributed by atoms with Crippen molar-refractivity contribution >= 4 is 35.0 Å². The molecule has 0 bridgehead atoms. The van der Waals surface area contributed by atoms with Crippen molar-refractivity contribution in [2.24, 2.45) is 0 Å². The van der Waals surface area contributed by atoms with Crippen LogP contribution < -0.4 is 5.32 Å². The molecule has 3 aromatic carbocycles. The number of hydrogen-bond acceptors (Lipinski definition) is 3. The van der Waals surface area contributed by atoms with Crippen molar-refractivity contribution in [1.29, 1.82) is 0 Å². The van der Waals surface area contributed by atoms with Crippen molar-refractivity contribution in [3.05, 3.63) is 89.4 Å². The zero-order chi connectivity index (χ0) is 21.8. The molecule has 0 aliphatic rings. The second-order valence-electron chi connectivity index (χ2n) is 7.16. The van der Waals surface area contributed by atoms with E-state index in [0.29, 0.717) is 10.2 Å². The normalized spacial score (nSPS) is 11.8. The van der Waals surface area contributed by atoms with Crippen LogP contribution in [0.3, 0.4) is 0 Å². The Balaban J connectivity index is 1.59. The third kappa shape index (κ3) is 4.84. The number of rotatable bonds is 6. The molecule has 156 valence electrons. The number of nitrogens with zero attached hydrogens (tertiary/aromatic N) is 1. The quantitative estimate of drug-likeness (QED) is 0.318. The molecule has 0 aliphatic carbocycles. The number of carbonyl (C=O) groups excluding carboxylic acids is 1. The molecule has 0 saturated carbocycles. The summed E-state index contributed by atoms with van der Waals surface area (Å²) in [5.41, 5.74) is 5.45. The predicted octanol–water partition coefficient (Wildman–Crippen LogP) is 6.82. The van der Waals surface area contributed by atoms with Gasteiger partial charge in [0.2, 0.25) is 5.91 Å². The third-order valence-corrected chi connectivity index (χ3v) is 6.37. The summed E-state index contributed by atoms with van der Waals surface area (Å²) in [4.78, 5) is 21.0. The molecule has 0 fully saturated rings. The highest BCUT2D eigenvalue weighted by molar-refractivity contribution is 8.00.